The molecule has 0 saturated carbocycles. The van der Waals surface area contributed by atoms with Crippen molar-refractivity contribution in [3.63, 3.8) is 0 Å². The monoisotopic (exact) mass is 415 g/mol. The minimum atomic E-state index is -0.226. The molecule has 30 heavy (non-hydrogen) atoms. The van der Waals surface area contributed by atoms with E-state index in [0.717, 1.165) is 71.2 Å². The fourth-order valence-electron chi connectivity index (χ4n) is 4.19. The molecule has 3 rings (SSSR count). The van der Waals surface area contributed by atoms with Crippen LogP contribution in [0.1, 0.15) is 37.8 Å². The summed E-state index contributed by atoms with van der Waals surface area (Å²) in [6.45, 7) is 12.0. The summed E-state index contributed by atoms with van der Waals surface area (Å²) in [5.41, 5.74) is 2.66. The van der Waals surface area contributed by atoms with E-state index >= 15 is 0 Å². The van der Waals surface area contributed by atoms with Crippen LogP contribution in [0.15, 0.2) is 29.3 Å². The summed E-state index contributed by atoms with van der Waals surface area (Å²) in [5.74, 6) is 1.05. The Bertz CT molecular complexity index is 705. The number of piperazine rings is 1. The van der Waals surface area contributed by atoms with Crippen LogP contribution < -0.4 is 5.32 Å². The van der Waals surface area contributed by atoms with Crippen LogP contribution >= 0.6 is 0 Å². The Morgan fingerprint density at radius 2 is 1.80 bits per heavy atom. The molecular weight excluding hydrogens is 378 g/mol. The summed E-state index contributed by atoms with van der Waals surface area (Å²) in [7, 11) is 1.83. The number of hydrogen-bond acceptors (Lipinski definition) is 4. The molecule has 7 heteroatoms. The molecule has 0 spiro atoms. The first-order valence-electron chi connectivity index (χ1n) is 11.3. The first-order chi connectivity index (χ1) is 14.7. The van der Waals surface area contributed by atoms with Gasteiger partial charge in [-0.25, -0.2) is 0 Å². The topological polar surface area (TPSA) is 60.4 Å². The Labute approximate surface area is 181 Å². The highest BCUT2D eigenvalue weighted by Gasteiger charge is 2.30. The number of benzene rings is 1. The minimum Gasteiger partial charge on any atom is -0.368 e. The zero-order chi connectivity index (χ0) is 21.3. The van der Waals surface area contributed by atoms with Crippen molar-refractivity contribution in [1.82, 2.24) is 20.0 Å². The van der Waals surface area contributed by atoms with Crippen LogP contribution in [0, 0.1) is 0 Å². The largest absolute Gasteiger partial charge is 0.368 e. The Morgan fingerprint density at radius 1 is 1.13 bits per heavy atom. The lowest BCUT2D eigenvalue weighted by Gasteiger charge is -2.37. The molecule has 0 bridgehead atoms. The Balaban J connectivity index is 1.53. The second-order valence-corrected chi connectivity index (χ2v) is 7.94. The number of hydrogen-bond donors (Lipinski definition) is 1. The molecule has 2 aliphatic heterocycles. The number of amides is 1. The van der Waals surface area contributed by atoms with E-state index in [0.29, 0.717) is 6.61 Å². The molecule has 2 saturated heterocycles. The van der Waals surface area contributed by atoms with Gasteiger partial charge in [-0.1, -0.05) is 38.1 Å². The summed E-state index contributed by atoms with van der Waals surface area (Å²) in [6.07, 6.45) is 1.62. The van der Waals surface area contributed by atoms with Crippen LogP contribution in [0.25, 0.3) is 0 Å². The average molecular weight is 416 g/mol. The van der Waals surface area contributed by atoms with Crippen molar-refractivity contribution in [2.24, 2.45) is 4.99 Å². The van der Waals surface area contributed by atoms with Gasteiger partial charge in [0.05, 0.1) is 0 Å². The van der Waals surface area contributed by atoms with E-state index in [1.165, 1.54) is 11.1 Å². The van der Waals surface area contributed by atoms with Gasteiger partial charge in [-0.2, -0.15) is 0 Å². The van der Waals surface area contributed by atoms with Crippen LogP contribution in [0.4, 0.5) is 0 Å². The van der Waals surface area contributed by atoms with E-state index in [9.17, 15) is 4.79 Å². The second-order valence-electron chi connectivity index (χ2n) is 7.94. The van der Waals surface area contributed by atoms with Crippen molar-refractivity contribution in [1.29, 1.82) is 0 Å². The van der Waals surface area contributed by atoms with E-state index in [1.807, 2.05) is 11.9 Å². The van der Waals surface area contributed by atoms with Crippen LogP contribution in [-0.4, -0.2) is 85.6 Å². The van der Waals surface area contributed by atoms with Crippen LogP contribution in [0.2, 0.25) is 0 Å². The zero-order valence-corrected chi connectivity index (χ0v) is 18.8. The molecule has 1 amide bonds. The van der Waals surface area contributed by atoms with Gasteiger partial charge in [0.2, 0.25) is 0 Å². The van der Waals surface area contributed by atoms with Crippen molar-refractivity contribution < 1.29 is 9.53 Å². The smallest absolute Gasteiger partial charge is 0.251 e. The third kappa shape index (κ3) is 5.73. The minimum absolute atomic E-state index is 0.153. The van der Waals surface area contributed by atoms with Gasteiger partial charge in [0.1, 0.15) is 6.10 Å². The van der Waals surface area contributed by atoms with Crippen molar-refractivity contribution in [2.45, 2.75) is 45.9 Å². The molecule has 166 valence electrons. The third-order valence-corrected chi connectivity index (χ3v) is 6.15. The van der Waals surface area contributed by atoms with Gasteiger partial charge in [-0.05, 0) is 37.1 Å². The zero-order valence-electron chi connectivity index (χ0n) is 18.8. The van der Waals surface area contributed by atoms with Crippen LogP contribution in [-0.2, 0) is 22.6 Å². The molecule has 0 aromatic heterocycles. The SMILES string of the molecule is CCN(CC)Cc1ccccc1CNC(=NC)N1CCN(C(=O)C2CCCO2)CC1. The van der Waals surface area contributed by atoms with Gasteiger partial charge in [0, 0.05) is 52.9 Å². The van der Waals surface area contributed by atoms with Crippen molar-refractivity contribution >= 4 is 11.9 Å². The maximum atomic E-state index is 12.6. The Hall–Kier alpha value is -2.12. The van der Waals surface area contributed by atoms with E-state index in [2.05, 4.69) is 58.2 Å². The van der Waals surface area contributed by atoms with E-state index in [-0.39, 0.29) is 12.0 Å². The molecule has 1 aromatic rings. The lowest BCUT2D eigenvalue weighted by atomic mass is 10.1. The second kappa shape index (κ2) is 11.3. The number of nitrogens with one attached hydrogen (secondary N) is 1. The first-order valence-corrected chi connectivity index (χ1v) is 11.3. The normalized spacial score (nSPS) is 20.1. The molecule has 0 radical (unpaired) electrons. The highest BCUT2D eigenvalue weighted by Crippen LogP contribution is 2.16. The first kappa shape index (κ1) is 22.6. The van der Waals surface area contributed by atoms with Gasteiger partial charge in [0.15, 0.2) is 5.96 Å². The molecule has 2 heterocycles. The fourth-order valence-corrected chi connectivity index (χ4v) is 4.19. The van der Waals surface area contributed by atoms with E-state index in [4.69, 9.17) is 4.74 Å². The summed E-state index contributed by atoms with van der Waals surface area (Å²) >= 11 is 0. The standard InChI is InChI=1S/C23H37N5O2/c1-4-26(5-2)18-20-10-7-6-9-19(20)17-25-23(24-3)28-14-12-27(13-15-28)22(29)21-11-8-16-30-21/h6-7,9-10,21H,4-5,8,11-18H2,1-3H3,(H,24,25). The molecule has 2 aliphatic rings. The van der Waals surface area contributed by atoms with Gasteiger partial charge in [-0.15, -0.1) is 0 Å². The average Bonchev–Trinajstić information content (AvgIpc) is 3.33. The summed E-state index contributed by atoms with van der Waals surface area (Å²) in [5, 5.41) is 3.53. The lowest BCUT2D eigenvalue weighted by Crippen LogP contribution is -2.55. The predicted octanol–water partition coefficient (Wildman–Crippen LogP) is 1.93. The molecule has 1 atom stereocenters. The van der Waals surface area contributed by atoms with E-state index in [1.54, 1.807) is 0 Å². The van der Waals surface area contributed by atoms with Crippen molar-refractivity contribution in [3.8, 4) is 0 Å². The number of carbonyl (C=O) groups excluding carboxylic acids is 1. The van der Waals surface area contributed by atoms with Gasteiger partial charge in [-0.3, -0.25) is 14.7 Å². The van der Waals surface area contributed by atoms with E-state index < -0.39 is 0 Å². The highest BCUT2D eigenvalue weighted by molar-refractivity contribution is 5.82. The van der Waals surface area contributed by atoms with Gasteiger partial charge in [0.25, 0.3) is 5.91 Å². The summed E-state index contributed by atoms with van der Waals surface area (Å²) in [4.78, 5) is 23.7. The summed E-state index contributed by atoms with van der Waals surface area (Å²) in [6, 6.07) is 8.62. The molecule has 1 unspecified atom stereocenters. The van der Waals surface area contributed by atoms with Crippen molar-refractivity contribution in [2.75, 3.05) is 52.9 Å². The quantitative estimate of drug-likeness (QED) is 0.545. The van der Waals surface area contributed by atoms with Crippen LogP contribution in [0.3, 0.4) is 0 Å². The maximum Gasteiger partial charge on any atom is 0.251 e. The molecule has 1 N–H and O–H groups in total. The molecular formula is C23H37N5O2. The predicted molar refractivity (Wildman–Crippen MR) is 120 cm³/mol. The van der Waals surface area contributed by atoms with Crippen molar-refractivity contribution in [3.05, 3.63) is 35.4 Å². The van der Waals surface area contributed by atoms with Crippen LogP contribution in [0.5, 0.6) is 0 Å². The number of aliphatic imine (C=N–C) groups is 1. The molecule has 7 nitrogen and oxygen atoms in total. The maximum absolute atomic E-state index is 12.6. The van der Waals surface area contributed by atoms with Gasteiger partial charge >= 0.3 is 0 Å². The lowest BCUT2D eigenvalue weighted by molar-refractivity contribution is -0.142. The number of guanidine groups is 1. The fraction of sp³-hybridized carbons (Fsp3) is 0.652. The Kier molecular flexibility index (Phi) is 8.51. The molecule has 2 fully saturated rings. The Morgan fingerprint density at radius 3 is 2.40 bits per heavy atom. The molecule has 0 aliphatic carbocycles. The number of ether oxygens (including phenoxy) is 1. The highest BCUT2D eigenvalue weighted by atomic mass is 16.5. The van der Waals surface area contributed by atoms with Gasteiger partial charge < -0.3 is 19.9 Å². The number of nitrogens with zero attached hydrogens (tertiary/aromatic N) is 4. The number of carbonyl (C=O) groups is 1. The summed E-state index contributed by atoms with van der Waals surface area (Å²) < 4.78 is 5.56. The molecule has 1 aromatic carbocycles. The number of rotatable bonds is 7. The third-order valence-electron chi connectivity index (χ3n) is 6.15.